The van der Waals surface area contributed by atoms with E-state index in [1.807, 2.05) is 0 Å². The molecule has 0 spiro atoms. The fourth-order valence-electron chi connectivity index (χ4n) is 1.00. The van der Waals surface area contributed by atoms with Crippen molar-refractivity contribution in [3.63, 3.8) is 0 Å². The molecule has 0 unspecified atom stereocenters. The van der Waals surface area contributed by atoms with E-state index in [-0.39, 0.29) is 0 Å². The van der Waals surface area contributed by atoms with E-state index >= 15 is 0 Å². The minimum absolute atomic E-state index is 0.354. The van der Waals surface area contributed by atoms with E-state index in [1.165, 1.54) is 0 Å². The Morgan fingerprint density at radius 3 is 1.40 bits per heavy atom. The molecule has 0 bridgehead atoms. The van der Waals surface area contributed by atoms with Crippen LogP contribution < -0.4 is 9.47 Å². The van der Waals surface area contributed by atoms with Gasteiger partial charge in [0.1, 0.15) is 11.5 Å². The van der Waals surface area contributed by atoms with E-state index < -0.39 is 36.6 Å². The number of benzene rings is 1. The zero-order valence-corrected chi connectivity index (χ0v) is 9.30. The lowest BCUT2D eigenvalue weighted by molar-refractivity contribution is -0.255. The van der Waals surface area contributed by atoms with Crippen LogP contribution in [0.4, 0.5) is 35.1 Å². The Morgan fingerprint density at radius 1 is 0.750 bits per heavy atom. The van der Waals surface area contributed by atoms with Gasteiger partial charge in [-0.15, -0.1) is 0 Å². The number of alkyl halides is 8. The van der Waals surface area contributed by atoms with E-state index in [0.29, 0.717) is 6.07 Å². The summed E-state index contributed by atoms with van der Waals surface area (Å²) in [6.07, 6.45) is -18.0. The van der Waals surface area contributed by atoms with Gasteiger partial charge >= 0.3 is 25.1 Å². The van der Waals surface area contributed by atoms with Gasteiger partial charge in [-0.2, -0.15) is 35.1 Å². The van der Waals surface area contributed by atoms with Gasteiger partial charge in [0, 0.05) is 6.07 Å². The highest BCUT2D eigenvalue weighted by atomic mass is 19.3. The molecule has 0 aliphatic rings. The molecule has 0 saturated heterocycles. The summed E-state index contributed by atoms with van der Waals surface area (Å²) in [5.74, 6) is -1.89. The maximum Gasteiger partial charge on any atom is 0.461 e. The van der Waals surface area contributed by atoms with Gasteiger partial charge in [-0.1, -0.05) is 6.07 Å². The highest BCUT2D eigenvalue weighted by molar-refractivity contribution is 5.33. The second-order valence-corrected chi connectivity index (χ2v) is 3.40. The molecule has 0 aliphatic carbocycles. The van der Waals surface area contributed by atoms with Gasteiger partial charge in [0.25, 0.3) is 0 Å². The van der Waals surface area contributed by atoms with E-state index in [1.54, 1.807) is 0 Å². The Hall–Kier alpha value is -1.74. The molecule has 2 nitrogen and oxygen atoms in total. The second-order valence-electron chi connectivity index (χ2n) is 3.40. The Kier molecular flexibility index (Phi) is 4.66. The van der Waals surface area contributed by atoms with Crippen LogP contribution in [-0.4, -0.2) is 25.1 Å². The summed E-state index contributed by atoms with van der Waals surface area (Å²) in [5, 5.41) is 0. The molecule has 0 heterocycles. The van der Waals surface area contributed by atoms with Crippen molar-refractivity contribution in [1.29, 1.82) is 0 Å². The molecule has 1 rings (SSSR count). The third kappa shape index (κ3) is 4.14. The first kappa shape index (κ1) is 16.3. The van der Waals surface area contributed by atoms with Crippen molar-refractivity contribution >= 4 is 0 Å². The van der Waals surface area contributed by atoms with Gasteiger partial charge in [0.2, 0.25) is 0 Å². The predicted octanol–water partition coefficient (Wildman–Crippen LogP) is 4.16. The van der Waals surface area contributed by atoms with Crippen LogP contribution in [0, 0.1) is 0 Å². The van der Waals surface area contributed by atoms with Crippen molar-refractivity contribution in [2.45, 2.75) is 25.1 Å². The molecule has 0 atom stereocenters. The van der Waals surface area contributed by atoms with Gasteiger partial charge in [-0.25, -0.2) is 0 Å². The molecular formula is C10H6F8O2. The highest BCUT2D eigenvalue weighted by Gasteiger charge is 2.45. The van der Waals surface area contributed by atoms with Gasteiger partial charge in [-0.3, -0.25) is 0 Å². The number of halogens is 8. The van der Waals surface area contributed by atoms with Crippen LogP contribution in [0.15, 0.2) is 24.3 Å². The van der Waals surface area contributed by atoms with E-state index in [4.69, 9.17) is 0 Å². The van der Waals surface area contributed by atoms with Gasteiger partial charge in [-0.05, 0) is 12.1 Å². The molecule has 0 aliphatic heterocycles. The Morgan fingerprint density at radius 2 is 1.10 bits per heavy atom. The van der Waals surface area contributed by atoms with Crippen molar-refractivity contribution in [2.75, 3.05) is 0 Å². The minimum atomic E-state index is -4.86. The maximum atomic E-state index is 12.5. The quantitative estimate of drug-likeness (QED) is 0.735. The SMILES string of the molecule is FC(F)C(F)(F)Oc1cccc(OC(F)(F)C(F)F)c1. The maximum absolute atomic E-state index is 12.5. The molecule has 0 saturated carbocycles. The summed E-state index contributed by atoms with van der Waals surface area (Å²) in [6, 6.07) is 2.66. The van der Waals surface area contributed by atoms with Crippen LogP contribution in [0.3, 0.4) is 0 Å². The fraction of sp³-hybridized carbons (Fsp3) is 0.400. The van der Waals surface area contributed by atoms with Crippen LogP contribution in [-0.2, 0) is 0 Å². The van der Waals surface area contributed by atoms with Gasteiger partial charge in [0.15, 0.2) is 0 Å². The molecule has 0 radical (unpaired) electrons. The molecule has 0 N–H and O–H groups in total. The third-order valence-corrected chi connectivity index (χ3v) is 1.82. The Bertz CT molecular complexity index is 411. The summed E-state index contributed by atoms with van der Waals surface area (Å²) in [6.45, 7) is 0. The van der Waals surface area contributed by atoms with Crippen molar-refractivity contribution in [2.24, 2.45) is 0 Å². The van der Waals surface area contributed by atoms with Crippen LogP contribution in [0.2, 0.25) is 0 Å². The largest absolute Gasteiger partial charge is 0.461 e. The fourth-order valence-corrected chi connectivity index (χ4v) is 1.00. The molecule has 1 aromatic carbocycles. The Labute approximate surface area is 106 Å². The van der Waals surface area contributed by atoms with E-state index in [9.17, 15) is 35.1 Å². The summed E-state index contributed by atoms with van der Waals surface area (Å²) in [7, 11) is 0. The summed E-state index contributed by atoms with van der Waals surface area (Å²) in [5.41, 5.74) is 0. The molecule has 20 heavy (non-hydrogen) atoms. The molecule has 0 fully saturated rings. The smallest absolute Gasteiger partial charge is 0.428 e. The van der Waals surface area contributed by atoms with Crippen molar-refractivity contribution in [3.05, 3.63) is 24.3 Å². The van der Waals surface area contributed by atoms with Crippen molar-refractivity contribution < 1.29 is 44.6 Å². The summed E-state index contributed by atoms with van der Waals surface area (Å²) >= 11 is 0. The normalized spacial score (nSPS) is 12.9. The summed E-state index contributed by atoms with van der Waals surface area (Å²) < 4.78 is 105. The topological polar surface area (TPSA) is 18.5 Å². The van der Waals surface area contributed by atoms with Gasteiger partial charge < -0.3 is 9.47 Å². The first-order valence-electron chi connectivity index (χ1n) is 4.84. The van der Waals surface area contributed by atoms with Crippen LogP contribution in [0.1, 0.15) is 0 Å². The monoisotopic (exact) mass is 310 g/mol. The highest BCUT2D eigenvalue weighted by Crippen LogP contribution is 2.32. The zero-order valence-electron chi connectivity index (χ0n) is 9.30. The van der Waals surface area contributed by atoms with Crippen LogP contribution in [0.5, 0.6) is 11.5 Å². The standard InChI is InChI=1S/C10H6F8O2/c11-7(12)9(15,16)19-5-2-1-3-6(4-5)20-10(17,18)8(13)14/h1-4,7-8H. The number of ether oxygens (including phenoxy) is 2. The molecule has 0 amide bonds. The number of rotatable bonds is 6. The van der Waals surface area contributed by atoms with Crippen LogP contribution >= 0.6 is 0 Å². The minimum Gasteiger partial charge on any atom is -0.428 e. The van der Waals surface area contributed by atoms with Crippen molar-refractivity contribution in [3.8, 4) is 11.5 Å². The third-order valence-electron chi connectivity index (χ3n) is 1.82. The first-order valence-corrected chi connectivity index (χ1v) is 4.84. The van der Waals surface area contributed by atoms with E-state index in [2.05, 4.69) is 9.47 Å². The Balaban J connectivity index is 2.87. The molecule has 114 valence electrons. The average Bonchev–Trinajstić information content (AvgIpc) is 2.27. The lowest BCUT2D eigenvalue weighted by Gasteiger charge is -2.19. The number of hydrogen-bond acceptors (Lipinski definition) is 2. The summed E-state index contributed by atoms with van der Waals surface area (Å²) in [4.78, 5) is 0. The van der Waals surface area contributed by atoms with E-state index in [0.717, 1.165) is 18.2 Å². The second kappa shape index (κ2) is 5.71. The van der Waals surface area contributed by atoms with Gasteiger partial charge in [0.05, 0.1) is 0 Å². The molecule has 0 aromatic heterocycles. The predicted molar refractivity (Wildman–Crippen MR) is 49.6 cm³/mol. The lowest BCUT2D eigenvalue weighted by atomic mass is 10.3. The molecule has 1 aromatic rings. The molecule has 10 heteroatoms. The molecular weight excluding hydrogens is 304 g/mol. The average molecular weight is 310 g/mol. The van der Waals surface area contributed by atoms with Crippen LogP contribution in [0.25, 0.3) is 0 Å². The lowest BCUT2D eigenvalue weighted by Crippen LogP contribution is -2.34. The zero-order chi connectivity index (χ0) is 15.6. The van der Waals surface area contributed by atoms with Crippen molar-refractivity contribution in [1.82, 2.24) is 0 Å². The first-order chi connectivity index (χ1) is 9.04. The number of hydrogen-bond donors (Lipinski definition) is 0.